The van der Waals surface area contributed by atoms with Gasteiger partial charge in [-0.2, -0.15) is 12.8 Å². The van der Waals surface area contributed by atoms with Crippen molar-refractivity contribution in [2.45, 2.75) is 18.2 Å². The number of carboxylic acid groups (broad SMARTS) is 1. The molecule has 0 saturated heterocycles. The van der Waals surface area contributed by atoms with Gasteiger partial charge in [0.15, 0.2) is 5.82 Å². The molecule has 0 unspecified atom stereocenters. The second-order valence-corrected chi connectivity index (χ2v) is 7.72. The number of halogens is 2. The van der Waals surface area contributed by atoms with Crippen LogP contribution in [0.5, 0.6) is 0 Å². The molecule has 0 fully saturated rings. The Hall–Kier alpha value is -3.25. The number of amides is 1. The van der Waals surface area contributed by atoms with Gasteiger partial charge in [0.2, 0.25) is 11.0 Å². The summed E-state index contributed by atoms with van der Waals surface area (Å²) in [5.41, 5.74) is -1.40. The van der Waals surface area contributed by atoms with Crippen LogP contribution in [0.15, 0.2) is 46.2 Å². The summed E-state index contributed by atoms with van der Waals surface area (Å²) >= 11 is 0. The highest BCUT2D eigenvalue weighted by atomic mass is 32.2. The van der Waals surface area contributed by atoms with E-state index in [1.54, 1.807) is 0 Å². The third kappa shape index (κ3) is 3.71. The molecule has 0 bridgehead atoms. The summed E-state index contributed by atoms with van der Waals surface area (Å²) < 4.78 is 60.9. The Morgan fingerprint density at radius 2 is 2.03 bits per heavy atom. The molecule has 0 atom stereocenters. The Labute approximate surface area is 163 Å². The summed E-state index contributed by atoms with van der Waals surface area (Å²) in [6, 6.07) is 4.71. The lowest BCUT2D eigenvalue weighted by Gasteiger charge is -2.11. The fourth-order valence-corrected chi connectivity index (χ4v) is 3.94. The molecule has 0 aliphatic carbocycles. The Kier molecular flexibility index (Phi) is 5.40. The van der Waals surface area contributed by atoms with Gasteiger partial charge in [-0.15, -0.1) is 0 Å². The summed E-state index contributed by atoms with van der Waals surface area (Å²) in [6.07, 6.45) is 0.595. The molecule has 0 saturated carbocycles. The first-order valence-corrected chi connectivity index (χ1v) is 9.50. The lowest BCUT2D eigenvalue weighted by molar-refractivity contribution is 0.153. The van der Waals surface area contributed by atoms with E-state index in [9.17, 15) is 17.6 Å². The van der Waals surface area contributed by atoms with Gasteiger partial charge in [-0.1, -0.05) is 0 Å². The van der Waals surface area contributed by atoms with E-state index in [2.05, 4.69) is 4.98 Å². The highest BCUT2D eigenvalue weighted by molar-refractivity contribution is 7.89. The standard InChI is InChI=1S/C17H15F2N3O6S/c1-21(17(24)25)7-10-8-22(29(26,27)13-5-4-11(9-23)28-13)15(14(10)18)12-3-2-6-20-16(12)19/h2-6,8,23H,7,9H2,1H3,(H,24,25). The second-order valence-electron chi connectivity index (χ2n) is 5.98. The average molecular weight is 427 g/mol. The van der Waals surface area contributed by atoms with E-state index >= 15 is 4.39 Å². The lowest BCUT2D eigenvalue weighted by Crippen LogP contribution is -2.24. The SMILES string of the molecule is CN(Cc1cn(S(=O)(=O)c2ccc(CO)o2)c(-c2cccnc2F)c1F)C(=O)O. The van der Waals surface area contributed by atoms with Crippen molar-refractivity contribution < 1.29 is 36.6 Å². The molecule has 9 nitrogen and oxygen atoms in total. The summed E-state index contributed by atoms with van der Waals surface area (Å²) in [5, 5.41) is 17.5. The Bertz CT molecular complexity index is 1170. The minimum absolute atomic E-state index is 0.0452. The molecular formula is C17H15F2N3O6S. The van der Waals surface area contributed by atoms with Crippen molar-refractivity contribution in [2.75, 3.05) is 7.05 Å². The van der Waals surface area contributed by atoms with E-state index in [-0.39, 0.29) is 11.3 Å². The predicted molar refractivity (Wildman–Crippen MR) is 94.3 cm³/mol. The van der Waals surface area contributed by atoms with E-state index < -0.39 is 57.4 Å². The average Bonchev–Trinajstić information content (AvgIpc) is 3.28. The molecule has 0 radical (unpaired) electrons. The molecule has 0 aliphatic heterocycles. The molecule has 2 N–H and O–H groups in total. The van der Waals surface area contributed by atoms with E-state index in [0.29, 0.717) is 3.97 Å². The van der Waals surface area contributed by atoms with Gasteiger partial charge in [-0.3, -0.25) is 0 Å². The molecule has 0 spiro atoms. The minimum atomic E-state index is -4.54. The fourth-order valence-electron chi connectivity index (χ4n) is 2.61. The maximum atomic E-state index is 15.1. The Balaban J connectivity index is 2.24. The van der Waals surface area contributed by atoms with Gasteiger partial charge in [0.1, 0.15) is 18.1 Å². The third-order valence-electron chi connectivity index (χ3n) is 4.04. The zero-order valence-corrected chi connectivity index (χ0v) is 15.7. The molecular weight excluding hydrogens is 412 g/mol. The zero-order valence-electron chi connectivity index (χ0n) is 14.9. The van der Waals surface area contributed by atoms with Gasteiger partial charge in [0.05, 0.1) is 12.1 Å². The third-order valence-corrected chi connectivity index (χ3v) is 5.57. The van der Waals surface area contributed by atoms with Crippen LogP contribution in [0.3, 0.4) is 0 Å². The first-order valence-electron chi connectivity index (χ1n) is 8.06. The number of pyridine rings is 1. The van der Waals surface area contributed by atoms with Crippen LogP contribution in [-0.2, 0) is 23.2 Å². The van der Waals surface area contributed by atoms with Gasteiger partial charge >= 0.3 is 16.1 Å². The van der Waals surface area contributed by atoms with Crippen LogP contribution in [0.25, 0.3) is 11.3 Å². The van der Waals surface area contributed by atoms with Crippen LogP contribution >= 0.6 is 0 Å². The zero-order chi connectivity index (χ0) is 21.3. The number of aliphatic hydroxyl groups excluding tert-OH is 1. The Morgan fingerprint density at radius 1 is 1.31 bits per heavy atom. The van der Waals surface area contributed by atoms with E-state index in [1.807, 2.05) is 0 Å². The van der Waals surface area contributed by atoms with Crippen LogP contribution in [0.4, 0.5) is 13.6 Å². The van der Waals surface area contributed by atoms with Crippen LogP contribution in [0.2, 0.25) is 0 Å². The van der Waals surface area contributed by atoms with Crippen LogP contribution in [0.1, 0.15) is 11.3 Å². The molecule has 29 heavy (non-hydrogen) atoms. The van der Waals surface area contributed by atoms with Crippen molar-refractivity contribution in [3.05, 3.63) is 59.7 Å². The van der Waals surface area contributed by atoms with E-state index in [0.717, 1.165) is 36.5 Å². The molecule has 3 heterocycles. The molecule has 3 aromatic rings. The van der Waals surface area contributed by atoms with Crippen LogP contribution < -0.4 is 0 Å². The van der Waals surface area contributed by atoms with E-state index in [4.69, 9.17) is 14.6 Å². The molecule has 0 aliphatic rings. The number of aromatic nitrogens is 2. The molecule has 1 amide bonds. The second kappa shape index (κ2) is 7.64. The molecule has 0 aromatic carbocycles. The lowest BCUT2D eigenvalue weighted by atomic mass is 10.2. The maximum Gasteiger partial charge on any atom is 0.407 e. The Morgan fingerprint density at radius 3 is 2.62 bits per heavy atom. The van der Waals surface area contributed by atoms with Crippen molar-refractivity contribution in [3.8, 4) is 11.3 Å². The molecule has 154 valence electrons. The van der Waals surface area contributed by atoms with Gasteiger partial charge in [0.25, 0.3) is 0 Å². The maximum absolute atomic E-state index is 15.1. The first-order chi connectivity index (χ1) is 13.7. The number of hydrogen-bond donors (Lipinski definition) is 2. The highest BCUT2D eigenvalue weighted by Gasteiger charge is 2.31. The highest BCUT2D eigenvalue weighted by Crippen LogP contribution is 2.32. The van der Waals surface area contributed by atoms with Gasteiger partial charge < -0.3 is 19.5 Å². The number of rotatable bonds is 6. The van der Waals surface area contributed by atoms with Crippen LogP contribution in [0, 0.1) is 11.8 Å². The largest absolute Gasteiger partial charge is 0.465 e. The number of carbonyl (C=O) groups is 1. The monoisotopic (exact) mass is 427 g/mol. The smallest absolute Gasteiger partial charge is 0.407 e. The quantitative estimate of drug-likeness (QED) is 0.578. The van der Waals surface area contributed by atoms with Gasteiger partial charge in [-0.05, 0) is 24.3 Å². The van der Waals surface area contributed by atoms with Crippen LogP contribution in [-0.4, -0.2) is 45.6 Å². The first kappa shape index (κ1) is 20.5. The van der Waals surface area contributed by atoms with Crippen molar-refractivity contribution in [1.82, 2.24) is 13.9 Å². The minimum Gasteiger partial charge on any atom is -0.465 e. The van der Waals surface area contributed by atoms with Gasteiger partial charge in [0, 0.05) is 25.0 Å². The number of furan rings is 1. The molecule has 12 heteroatoms. The summed E-state index contributed by atoms with van der Waals surface area (Å²) in [4.78, 5) is 15.2. The summed E-state index contributed by atoms with van der Waals surface area (Å²) in [7, 11) is -3.38. The van der Waals surface area contributed by atoms with Crippen molar-refractivity contribution in [1.29, 1.82) is 0 Å². The van der Waals surface area contributed by atoms with Crippen molar-refractivity contribution in [2.24, 2.45) is 0 Å². The fraction of sp³-hybridized carbons (Fsp3) is 0.176. The van der Waals surface area contributed by atoms with E-state index in [1.165, 1.54) is 12.1 Å². The molecule has 3 aromatic heterocycles. The summed E-state index contributed by atoms with van der Waals surface area (Å²) in [5.74, 6) is -2.28. The summed E-state index contributed by atoms with van der Waals surface area (Å²) in [6.45, 7) is -1.05. The predicted octanol–water partition coefficient (Wildman–Crippen LogP) is 2.26. The normalized spacial score (nSPS) is 11.6. The van der Waals surface area contributed by atoms with Crippen molar-refractivity contribution >= 4 is 16.1 Å². The number of nitrogens with zero attached hydrogens (tertiary/aromatic N) is 3. The van der Waals surface area contributed by atoms with Crippen molar-refractivity contribution in [3.63, 3.8) is 0 Å². The number of hydrogen-bond acceptors (Lipinski definition) is 6. The molecule has 3 rings (SSSR count). The topological polar surface area (TPSA) is 126 Å². The number of aliphatic hydroxyl groups is 1. The van der Waals surface area contributed by atoms with Gasteiger partial charge in [-0.25, -0.2) is 18.1 Å².